The molecule has 0 spiro atoms. The van der Waals surface area contributed by atoms with Crippen LogP contribution in [0.4, 0.5) is 11.4 Å². The topological polar surface area (TPSA) is 23.6 Å². The van der Waals surface area contributed by atoms with Gasteiger partial charge in [-0.05, 0) is 24.3 Å². The van der Waals surface area contributed by atoms with Gasteiger partial charge >= 0.3 is 0 Å². The van der Waals surface area contributed by atoms with E-state index in [9.17, 15) is 4.79 Å². The van der Waals surface area contributed by atoms with E-state index in [1.807, 2.05) is 24.3 Å². The van der Waals surface area contributed by atoms with Crippen LogP contribution in [0.3, 0.4) is 0 Å². The summed E-state index contributed by atoms with van der Waals surface area (Å²) >= 11 is 0. The summed E-state index contributed by atoms with van der Waals surface area (Å²) in [5.74, 6) is 0.152. The fourth-order valence-electron chi connectivity index (χ4n) is 5.32. The normalized spacial score (nSPS) is 13.1. The molecule has 2 aromatic rings. The Morgan fingerprint density at radius 3 is 1.00 bits per heavy atom. The fourth-order valence-corrected chi connectivity index (χ4v) is 25.1. The lowest BCUT2D eigenvalue weighted by Gasteiger charge is -2.47. The predicted molar refractivity (Wildman–Crippen MR) is 155 cm³/mol. The lowest BCUT2D eigenvalue weighted by molar-refractivity contribution is 0.104. The zero-order valence-electron chi connectivity index (χ0n) is 22.4. The second kappa shape index (κ2) is 9.08. The Balaban J connectivity index is 2.76. The van der Waals surface area contributed by atoms with Gasteiger partial charge in [-0.15, -0.1) is 0 Å². The molecule has 0 aliphatic heterocycles. The van der Waals surface area contributed by atoms with Crippen molar-refractivity contribution in [3.63, 3.8) is 0 Å². The van der Waals surface area contributed by atoms with Crippen molar-refractivity contribution in [1.29, 1.82) is 0 Å². The molecular formula is C25H44N2OSi4. The minimum Gasteiger partial charge on any atom is -0.424 e. The Morgan fingerprint density at radius 1 is 0.500 bits per heavy atom. The van der Waals surface area contributed by atoms with Crippen LogP contribution in [0, 0.1) is 0 Å². The Labute approximate surface area is 201 Å². The van der Waals surface area contributed by atoms with E-state index in [4.69, 9.17) is 0 Å². The van der Waals surface area contributed by atoms with E-state index in [1.165, 1.54) is 0 Å². The molecule has 0 heterocycles. The molecule has 2 rings (SSSR count). The number of rotatable bonds is 8. The first kappa shape index (κ1) is 26.8. The number of nitrogens with zero attached hydrogens (tertiary/aromatic N) is 2. The molecule has 0 atom stereocenters. The van der Waals surface area contributed by atoms with Gasteiger partial charge in [0.05, 0.1) is 0 Å². The maximum absolute atomic E-state index is 14.2. The molecule has 0 fully saturated rings. The molecule has 0 amide bonds. The Kier molecular flexibility index (Phi) is 7.61. The summed E-state index contributed by atoms with van der Waals surface area (Å²) in [6, 6.07) is 16.6. The molecule has 0 radical (unpaired) electrons. The van der Waals surface area contributed by atoms with Gasteiger partial charge in [0.1, 0.15) is 32.9 Å². The average Bonchev–Trinajstić information content (AvgIpc) is 2.57. The molecule has 0 aromatic heterocycles. The SMILES string of the molecule is C[Si](C)(C)N(c1ccccc1C(=O)c1ccccc1N([Si](C)(C)C)[Si](C)(C)C)[Si](C)(C)C. The molecule has 0 aliphatic carbocycles. The van der Waals surface area contributed by atoms with Gasteiger partial charge in [0, 0.05) is 22.5 Å². The summed E-state index contributed by atoms with van der Waals surface area (Å²) in [5, 5.41) is 0. The van der Waals surface area contributed by atoms with E-state index in [1.54, 1.807) is 0 Å². The average molecular weight is 501 g/mol. The van der Waals surface area contributed by atoms with Gasteiger partial charge in [0.25, 0.3) is 0 Å². The van der Waals surface area contributed by atoms with Crippen LogP contribution < -0.4 is 8.46 Å². The predicted octanol–water partition coefficient (Wildman–Crippen LogP) is 7.87. The molecule has 7 heteroatoms. The molecule has 0 aliphatic rings. The summed E-state index contributed by atoms with van der Waals surface area (Å²) in [4.78, 5) is 14.2. The van der Waals surface area contributed by atoms with Gasteiger partial charge in [0.2, 0.25) is 0 Å². The molecule has 3 nitrogen and oxygen atoms in total. The first-order valence-corrected chi connectivity index (χ1v) is 25.5. The molecule has 176 valence electrons. The second-order valence-corrected chi connectivity index (χ2v) is 32.8. The van der Waals surface area contributed by atoms with Crippen molar-refractivity contribution in [3.05, 3.63) is 59.7 Å². The number of hydrogen-bond acceptors (Lipinski definition) is 3. The largest absolute Gasteiger partial charge is 0.424 e. The number of ketones is 1. The van der Waals surface area contributed by atoms with Gasteiger partial charge in [-0.3, -0.25) is 4.79 Å². The van der Waals surface area contributed by atoms with Gasteiger partial charge in [-0.2, -0.15) is 0 Å². The van der Waals surface area contributed by atoms with Crippen LogP contribution in [-0.2, 0) is 0 Å². The van der Waals surface area contributed by atoms with Gasteiger partial charge in [-0.1, -0.05) is 103 Å². The van der Waals surface area contributed by atoms with E-state index in [0.717, 1.165) is 22.5 Å². The number of benzene rings is 2. The third-order valence-electron chi connectivity index (χ3n) is 5.46. The monoisotopic (exact) mass is 500 g/mol. The van der Waals surface area contributed by atoms with Gasteiger partial charge in [-0.25, -0.2) is 0 Å². The van der Waals surface area contributed by atoms with Crippen LogP contribution in [0.5, 0.6) is 0 Å². The minimum absolute atomic E-state index is 0.152. The number of para-hydroxylation sites is 2. The number of hydrogen-bond donors (Lipinski definition) is 0. The highest BCUT2D eigenvalue weighted by Gasteiger charge is 2.39. The molecule has 0 unspecified atom stereocenters. The zero-order valence-corrected chi connectivity index (χ0v) is 26.4. The highest BCUT2D eigenvalue weighted by molar-refractivity contribution is 7.00. The van der Waals surface area contributed by atoms with E-state index < -0.39 is 32.9 Å². The van der Waals surface area contributed by atoms with E-state index in [2.05, 4.69) is 111 Å². The maximum atomic E-state index is 14.2. The maximum Gasteiger partial charge on any atom is 0.197 e. The van der Waals surface area contributed by atoms with E-state index in [-0.39, 0.29) is 5.78 Å². The van der Waals surface area contributed by atoms with Crippen LogP contribution in [0.15, 0.2) is 48.5 Å². The Morgan fingerprint density at radius 2 is 0.750 bits per heavy atom. The summed E-state index contributed by atoms with van der Waals surface area (Å²) in [6.07, 6.45) is 0. The highest BCUT2D eigenvalue weighted by Crippen LogP contribution is 2.36. The van der Waals surface area contributed by atoms with Crippen molar-refractivity contribution >= 4 is 50.1 Å². The second-order valence-electron chi connectivity index (χ2n) is 12.7. The third-order valence-corrected chi connectivity index (χ3v) is 19.8. The first-order valence-electron chi connectivity index (χ1n) is 11.7. The number of carbonyl (C=O) groups excluding carboxylic acids is 1. The van der Waals surface area contributed by atoms with Crippen molar-refractivity contribution in [2.45, 2.75) is 78.6 Å². The van der Waals surface area contributed by atoms with Crippen molar-refractivity contribution in [2.24, 2.45) is 0 Å². The fraction of sp³-hybridized carbons (Fsp3) is 0.480. The molecule has 2 aromatic carbocycles. The summed E-state index contributed by atoms with van der Waals surface area (Å²) in [6.45, 7) is 28.6. The Hall–Kier alpha value is -1.42. The number of carbonyl (C=O) groups is 1. The van der Waals surface area contributed by atoms with E-state index >= 15 is 0 Å². The lowest BCUT2D eigenvalue weighted by Crippen LogP contribution is -2.60. The van der Waals surface area contributed by atoms with Crippen molar-refractivity contribution in [2.75, 3.05) is 8.46 Å². The molecular weight excluding hydrogens is 457 g/mol. The zero-order chi connectivity index (χ0) is 24.7. The molecule has 32 heavy (non-hydrogen) atoms. The molecule has 0 N–H and O–H groups in total. The standard InChI is InChI=1S/C25H44N2OSi4/c1-29(2,3)26(30(4,5)6)23-19-15-13-17-21(23)25(28)22-18-14-16-20-24(22)27(31(7,8)9)32(10,11)12/h13-20H,1-12H3. The first-order chi connectivity index (χ1) is 14.4. The third kappa shape index (κ3) is 5.92. The Bertz CT molecular complexity index is 858. The minimum atomic E-state index is -1.69. The number of anilines is 2. The van der Waals surface area contributed by atoms with Crippen LogP contribution in [0.2, 0.25) is 78.6 Å². The van der Waals surface area contributed by atoms with Gasteiger partial charge in [0.15, 0.2) is 5.78 Å². The van der Waals surface area contributed by atoms with Crippen molar-refractivity contribution in [1.82, 2.24) is 0 Å². The van der Waals surface area contributed by atoms with E-state index in [0.29, 0.717) is 0 Å². The summed E-state index contributed by atoms with van der Waals surface area (Å²) in [7, 11) is -6.76. The van der Waals surface area contributed by atoms with Crippen LogP contribution in [0.25, 0.3) is 0 Å². The molecule has 0 saturated heterocycles. The van der Waals surface area contributed by atoms with Gasteiger partial charge < -0.3 is 8.46 Å². The lowest BCUT2D eigenvalue weighted by atomic mass is 10.0. The van der Waals surface area contributed by atoms with Crippen molar-refractivity contribution < 1.29 is 4.79 Å². The van der Waals surface area contributed by atoms with Crippen LogP contribution in [-0.4, -0.2) is 38.7 Å². The summed E-state index contributed by atoms with van der Waals surface area (Å²) in [5.41, 5.74) is 3.93. The van der Waals surface area contributed by atoms with Crippen LogP contribution >= 0.6 is 0 Å². The quantitative estimate of drug-likeness (QED) is 0.272. The smallest absolute Gasteiger partial charge is 0.197 e. The molecule has 0 bridgehead atoms. The van der Waals surface area contributed by atoms with Crippen molar-refractivity contribution in [3.8, 4) is 0 Å². The van der Waals surface area contributed by atoms with Crippen LogP contribution in [0.1, 0.15) is 15.9 Å². The summed E-state index contributed by atoms with van der Waals surface area (Å²) < 4.78 is 5.31. The highest BCUT2D eigenvalue weighted by atomic mass is 28.4. The molecule has 0 saturated carbocycles.